The summed E-state index contributed by atoms with van der Waals surface area (Å²) in [6.07, 6.45) is 4.02. The third kappa shape index (κ3) is 4.25. The second kappa shape index (κ2) is 9.63. The number of carbonyl (C=O) groups is 1. The van der Waals surface area contributed by atoms with Gasteiger partial charge in [-0.3, -0.25) is 9.48 Å². The minimum Gasteiger partial charge on any atom is -0.489 e. The standard InChI is InChI=1S/C24H22ClFN6O2/c1-29-31-20(10-28)16-7-13(3-4-14(16)12-33)18-11-30-32(2)24(18)22-17(9-27)21(34-15-5-6-15)8-19(25)23(22)26/h3-4,7-8,11-12,15,29H,5-6,10,28H2,1-2H3/b31-20-. The molecule has 2 aromatic carbocycles. The van der Waals surface area contributed by atoms with Crippen molar-refractivity contribution < 1.29 is 13.9 Å². The van der Waals surface area contributed by atoms with Crippen LogP contribution in [-0.2, 0) is 7.05 Å². The molecule has 0 radical (unpaired) electrons. The Morgan fingerprint density at radius 3 is 2.85 bits per heavy atom. The van der Waals surface area contributed by atoms with E-state index in [2.05, 4.69) is 21.7 Å². The van der Waals surface area contributed by atoms with Gasteiger partial charge in [-0.15, -0.1) is 0 Å². The molecule has 0 saturated heterocycles. The highest BCUT2D eigenvalue weighted by Crippen LogP contribution is 2.42. The molecule has 1 saturated carbocycles. The van der Waals surface area contributed by atoms with Crippen LogP contribution in [0, 0.1) is 17.1 Å². The number of carbonyl (C=O) groups excluding carboxylic acids is 1. The van der Waals surface area contributed by atoms with Crippen LogP contribution >= 0.6 is 11.6 Å². The first-order chi connectivity index (χ1) is 16.4. The summed E-state index contributed by atoms with van der Waals surface area (Å²) in [5, 5.41) is 18.3. The molecule has 3 aromatic rings. The molecule has 0 bridgehead atoms. The van der Waals surface area contributed by atoms with E-state index in [1.165, 1.54) is 10.7 Å². The molecule has 1 heterocycles. The number of hydrogen-bond acceptors (Lipinski definition) is 7. The fourth-order valence-electron chi connectivity index (χ4n) is 3.77. The SMILES string of the molecule is CN/N=C(/CN)c1cc(-c2cnn(C)c2-c2c(F)c(Cl)cc(OC3CC3)c2C#N)ccc1C=O. The van der Waals surface area contributed by atoms with Crippen LogP contribution < -0.4 is 15.9 Å². The lowest BCUT2D eigenvalue weighted by atomic mass is 9.93. The second-order valence-corrected chi connectivity index (χ2v) is 8.19. The summed E-state index contributed by atoms with van der Waals surface area (Å²) in [6.45, 7) is 0.0917. The molecular weight excluding hydrogens is 459 g/mol. The molecule has 0 unspecified atom stereocenters. The normalized spacial score (nSPS) is 13.5. The van der Waals surface area contributed by atoms with Gasteiger partial charge < -0.3 is 15.9 Å². The molecule has 0 atom stereocenters. The van der Waals surface area contributed by atoms with Crippen LogP contribution in [0.3, 0.4) is 0 Å². The highest BCUT2D eigenvalue weighted by atomic mass is 35.5. The molecule has 1 fully saturated rings. The first kappa shape index (κ1) is 23.4. The summed E-state index contributed by atoms with van der Waals surface area (Å²) in [5.74, 6) is -0.502. The zero-order valence-corrected chi connectivity index (χ0v) is 19.4. The topological polar surface area (TPSA) is 118 Å². The molecule has 1 aliphatic rings. The van der Waals surface area contributed by atoms with E-state index in [0.29, 0.717) is 33.7 Å². The van der Waals surface area contributed by atoms with Gasteiger partial charge in [0.1, 0.15) is 17.4 Å². The van der Waals surface area contributed by atoms with Crippen LogP contribution in [-0.4, -0.2) is 41.5 Å². The fourth-order valence-corrected chi connectivity index (χ4v) is 3.96. The molecule has 1 aliphatic carbocycles. The number of hydrogen-bond donors (Lipinski definition) is 2. The highest BCUT2D eigenvalue weighted by Gasteiger charge is 2.29. The predicted octanol–water partition coefficient (Wildman–Crippen LogP) is 3.65. The Morgan fingerprint density at radius 1 is 1.47 bits per heavy atom. The van der Waals surface area contributed by atoms with Gasteiger partial charge in [0.15, 0.2) is 12.1 Å². The Bertz CT molecular complexity index is 1340. The van der Waals surface area contributed by atoms with Gasteiger partial charge in [-0.1, -0.05) is 23.7 Å². The van der Waals surface area contributed by atoms with Crippen LogP contribution in [0.1, 0.15) is 34.3 Å². The number of ether oxygens (including phenoxy) is 1. The van der Waals surface area contributed by atoms with Crippen molar-refractivity contribution in [2.75, 3.05) is 13.6 Å². The lowest BCUT2D eigenvalue weighted by Crippen LogP contribution is -2.19. The first-order valence-electron chi connectivity index (χ1n) is 10.6. The summed E-state index contributed by atoms with van der Waals surface area (Å²) in [6, 6.07) is 8.51. The molecule has 174 valence electrons. The molecule has 8 nitrogen and oxygen atoms in total. The number of rotatable bonds is 8. The van der Waals surface area contributed by atoms with E-state index in [1.54, 1.807) is 38.5 Å². The van der Waals surface area contributed by atoms with Crippen molar-refractivity contribution in [2.45, 2.75) is 18.9 Å². The van der Waals surface area contributed by atoms with Gasteiger partial charge in [0, 0.05) is 43.4 Å². The summed E-state index contributed by atoms with van der Waals surface area (Å²) >= 11 is 6.21. The van der Waals surface area contributed by atoms with Crippen molar-refractivity contribution in [1.29, 1.82) is 5.26 Å². The van der Waals surface area contributed by atoms with Gasteiger partial charge in [-0.25, -0.2) is 4.39 Å². The summed E-state index contributed by atoms with van der Waals surface area (Å²) in [5.41, 5.74) is 11.5. The van der Waals surface area contributed by atoms with E-state index in [0.717, 1.165) is 19.1 Å². The van der Waals surface area contributed by atoms with Crippen LogP contribution in [0.2, 0.25) is 5.02 Å². The number of nitrogens with one attached hydrogen (secondary N) is 1. The highest BCUT2D eigenvalue weighted by molar-refractivity contribution is 6.31. The van der Waals surface area contributed by atoms with Crippen LogP contribution in [0.4, 0.5) is 4.39 Å². The van der Waals surface area contributed by atoms with Crippen molar-refractivity contribution in [3.63, 3.8) is 0 Å². The number of nitrogens with zero attached hydrogens (tertiary/aromatic N) is 4. The van der Waals surface area contributed by atoms with Gasteiger partial charge in [0.25, 0.3) is 0 Å². The zero-order valence-electron chi connectivity index (χ0n) is 18.6. The third-order valence-electron chi connectivity index (χ3n) is 5.53. The van der Waals surface area contributed by atoms with Crippen LogP contribution in [0.25, 0.3) is 22.4 Å². The molecule has 1 aromatic heterocycles. The molecule has 0 aliphatic heterocycles. The quantitative estimate of drug-likeness (QED) is 0.288. The lowest BCUT2D eigenvalue weighted by Gasteiger charge is -2.16. The average Bonchev–Trinajstić information content (AvgIpc) is 3.58. The molecular formula is C24H22ClFN6O2. The van der Waals surface area contributed by atoms with Crippen molar-refractivity contribution in [2.24, 2.45) is 17.9 Å². The Morgan fingerprint density at radius 2 is 2.24 bits per heavy atom. The number of aromatic nitrogens is 2. The molecule has 0 spiro atoms. The Hall–Kier alpha value is -3.74. The lowest BCUT2D eigenvalue weighted by molar-refractivity contribution is 0.112. The van der Waals surface area contributed by atoms with Gasteiger partial charge in [0.05, 0.1) is 34.3 Å². The molecule has 34 heavy (non-hydrogen) atoms. The Balaban J connectivity index is 1.95. The van der Waals surface area contributed by atoms with E-state index < -0.39 is 5.82 Å². The fraction of sp³-hybridized carbons (Fsp3) is 0.250. The monoisotopic (exact) mass is 480 g/mol. The van der Waals surface area contributed by atoms with E-state index in [9.17, 15) is 10.1 Å². The maximum atomic E-state index is 15.4. The zero-order chi connectivity index (χ0) is 24.4. The number of nitriles is 1. The van der Waals surface area contributed by atoms with Gasteiger partial charge in [-0.2, -0.15) is 15.5 Å². The van der Waals surface area contributed by atoms with E-state index in [4.69, 9.17) is 22.1 Å². The maximum absolute atomic E-state index is 15.4. The molecule has 0 amide bonds. The third-order valence-corrected chi connectivity index (χ3v) is 5.81. The minimum atomic E-state index is -0.740. The Labute approximate surface area is 200 Å². The predicted molar refractivity (Wildman–Crippen MR) is 127 cm³/mol. The number of benzene rings is 2. The second-order valence-electron chi connectivity index (χ2n) is 7.79. The van der Waals surface area contributed by atoms with E-state index >= 15 is 4.39 Å². The van der Waals surface area contributed by atoms with Crippen molar-refractivity contribution in [3.8, 4) is 34.2 Å². The average molecular weight is 481 g/mol. The van der Waals surface area contributed by atoms with Crippen molar-refractivity contribution >= 4 is 23.6 Å². The molecule has 3 N–H and O–H groups in total. The summed E-state index contributed by atoms with van der Waals surface area (Å²) in [4.78, 5) is 11.6. The molecule has 4 rings (SSSR count). The van der Waals surface area contributed by atoms with Crippen LogP contribution in [0.15, 0.2) is 35.6 Å². The first-order valence-corrected chi connectivity index (χ1v) is 11.0. The van der Waals surface area contributed by atoms with Gasteiger partial charge >= 0.3 is 0 Å². The van der Waals surface area contributed by atoms with Crippen molar-refractivity contribution in [1.82, 2.24) is 15.2 Å². The largest absolute Gasteiger partial charge is 0.489 e. The number of aryl methyl sites for hydroxylation is 1. The van der Waals surface area contributed by atoms with Crippen molar-refractivity contribution in [3.05, 3.63) is 58.0 Å². The van der Waals surface area contributed by atoms with Gasteiger partial charge in [0.2, 0.25) is 0 Å². The Kier molecular flexibility index (Phi) is 6.63. The number of aldehydes is 1. The van der Waals surface area contributed by atoms with Gasteiger partial charge in [-0.05, 0) is 24.5 Å². The number of nitrogens with two attached hydrogens (primary N) is 1. The number of hydrazone groups is 1. The maximum Gasteiger partial charge on any atom is 0.152 e. The molecule has 10 heteroatoms. The van der Waals surface area contributed by atoms with E-state index in [-0.39, 0.29) is 34.5 Å². The summed E-state index contributed by atoms with van der Waals surface area (Å²) < 4.78 is 22.8. The van der Waals surface area contributed by atoms with E-state index in [1.807, 2.05) is 0 Å². The summed E-state index contributed by atoms with van der Waals surface area (Å²) in [7, 11) is 3.28. The minimum absolute atomic E-state index is 0.00426. The van der Waals surface area contributed by atoms with Crippen LogP contribution in [0.5, 0.6) is 5.75 Å². The number of halogens is 2. The smallest absolute Gasteiger partial charge is 0.152 e.